The lowest BCUT2D eigenvalue weighted by Gasteiger charge is -2.36. The van der Waals surface area contributed by atoms with Gasteiger partial charge in [0.1, 0.15) is 12.4 Å². The number of nitrogens with two attached hydrogens (primary N) is 1. The van der Waals surface area contributed by atoms with E-state index in [1.54, 1.807) is 30.4 Å². The minimum absolute atomic E-state index is 0.0219. The molecule has 0 saturated heterocycles. The molecule has 0 amide bonds. The summed E-state index contributed by atoms with van der Waals surface area (Å²) in [5.41, 5.74) is 4.13. The Morgan fingerprint density at radius 1 is 0.870 bits per heavy atom. The molecule has 298 valence electrons. The fourth-order valence-corrected chi connectivity index (χ4v) is 7.95. The smallest absolute Gasteiger partial charge is 0.192 e. The van der Waals surface area contributed by atoms with Gasteiger partial charge in [-0.25, -0.2) is 13.9 Å². The summed E-state index contributed by atoms with van der Waals surface area (Å²) < 4.78 is 38.4. The third-order valence-corrected chi connectivity index (χ3v) is 21.5. The van der Waals surface area contributed by atoms with Crippen molar-refractivity contribution in [2.75, 3.05) is 26.9 Å². The lowest BCUT2D eigenvalue weighted by Crippen LogP contribution is -2.41. The van der Waals surface area contributed by atoms with Gasteiger partial charge in [0.05, 0.1) is 69.8 Å². The molecule has 4 aromatic rings. The van der Waals surface area contributed by atoms with Crippen molar-refractivity contribution < 1.29 is 22.5 Å². The third-order valence-electron chi connectivity index (χ3n) is 11.2. The van der Waals surface area contributed by atoms with E-state index < -0.39 is 32.4 Å². The van der Waals surface area contributed by atoms with Crippen LogP contribution in [0.1, 0.15) is 92.0 Å². The summed E-state index contributed by atoms with van der Waals surface area (Å²) in [6, 6.07) is 10.2. The second kappa shape index (κ2) is 17.5. The zero-order valence-electron chi connectivity index (χ0n) is 34.9. The van der Waals surface area contributed by atoms with Crippen LogP contribution in [0.5, 0.6) is 5.75 Å². The van der Waals surface area contributed by atoms with Crippen LogP contribution in [-0.4, -0.2) is 77.3 Å². The fraction of sp³-hybridized carbons (Fsp3) is 0.600. The third kappa shape index (κ3) is 10.9. The first-order valence-corrected chi connectivity index (χ1v) is 26.0. The maximum Gasteiger partial charge on any atom is 0.192 e. The van der Waals surface area contributed by atoms with Gasteiger partial charge < -0.3 is 18.3 Å². The van der Waals surface area contributed by atoms with Gasteiger partial charge in [0.2, 0.25) is 0 Å². The molecular formula is C40H64N6O5SSi2. The minimum atomic E-state index is -1.99. The van der Waals surface area contributed by atoms with E-state index in [1.165, 1.54) is 0 Å². The second-order valence-corrected chi connectivity index (χ2v) is 29.2. The maximum absolute atomic E-state index is 12.6. The molecule has 3 heterocycles. The molecule has 4 rings (SSSR count). The van der Waals surface area contributed by atoms with E-state index in [0.29, 0.717) is 44.4 Å². The van der Waals surface area contributed by atoms with Crippen molar-refractivity contribution >= 4 is 38.5 Å². The number of ether oxygens (including phenoxy) is 2. The van der Waals surface area contributed by atoms with E-state index in [-0.39, 0.29) is 16.0 Å². The summed E-state index contributed by atoms with van der Waals surface area (Å²) in [6.07, 6.45) is 7.57. The van der Waals surface area contributed by atoms with Crippen molar-refractivity contribution in [1.82, 2.24) is 24.7 Å². The van der Waals surface area contributed by atoms with E-state index in [9.17, 15) is 4.21 Å². The minimum Gasteiger partial charge on any atom is -0.490 e. The van der Waals surface area contributed by atoms with Crippen molar-refractivity contribution in [3.8, 4) is 22.8 Å². The monoisotopic (exact) mass is 796 g/mol. The van der Waals surface area contributed by atoms with Gasteiger partial charge in [0, 0.05) is 30.9 Å². The Balaban J connectivity index is 1.72. The van der Waals surface area contributed by atoms with E-state index in [0.717, 1.165) is 46.4 Å². The van der Waals surface area contributed by atoms with Crippen molar-refractivity contribution in [2.45, 2.75) is 128 Å². The van der Waals surface area contributed by atoms with Crippen LogP contribution in [0.25, 0.3) is 28.0 Å². The molecule has 1 aromatic carbocycles. The molecule has 11 nitrogen and oxygen atoms in total. The van der Waals surface area contributed by atoms with Crippen LogP contribution in [0.2, 0.25) is 36.3 Å². The molecule has 0 spiro atoms. The average Bonchev–Trinajstić information content (AvgIpc) is 3.52. The van der Waals surface area contributed by atoms with Gasteiger partial charge in [0.25, 0.3) is 0 Å². The number of rotatable bonds is 18. The van der Waals surface area contributed by atoms with Gasteiger partial charge in [-0.2, -0.15) is 5.10 Å². The Morgan fingerprint density at radius 3 is 2.20 bits per heavy atom. The highest BCUT2D eigenvalue weighted by atomic mass is 32.2. The van der Waals surface area contributed by atoms with Crippen LogP contribution in [0.3, 0.4) is 0 Å². The lowest BCUT2D eigenvalue weighted by atomic mass is 9.89. The maximum atomic E-state index is 12.6. The number of pyridine rings is 1. The molecule has 0 fully saturated rings. The highest BCUT2D eigenvalue weighted by Crippen LogP contribution is 2.39. The summed E-state index contributed by atoms with van der Waals surface area (Å²) in [5, 5.41) is 11.8. The molecular weight excluding hydrogens is 733 g/mol. The number of aromatic nitrogens is 5. The lowest BCUT2D eigenvalue weighted by molar-refractivity contribution is 0.147. The van der Waals surface area contributed by atoms with Crippen molar-refractivity contribution in [1.29, 1.82) is 0 Å². The van der Waals surface area contributed by atoms with Crippen LogP contribution in [0, 0.1) is 0 Å². The van der Waals surface area contributed by atoms with Crippen LogP contribution < -0.4 is 9.88 Å². The standard InChI is InChI=1S/C40H64N6O5SSi2/c1-38(2,3)53(10,11)50-19-15-16-29(24-40(7,8)52(41)47)33-17-14-18-34(45-33)30-22-35-32(36(23-30)49-21-20-48-9)26-43-46(35)37-27-42-25-31(44-37)28-51-54(12,13)39(4,5)6/h14,17-18,22-23,25-27,29H,15-16,19-21,24,28,41H2,1-13H3/t29-,52?/m0/s1. The molecule has 2 N–H and O–H groups in total. The molecule has 54 heavy (non-hydrogen) atoms. The SMILES string of the molecule is COCCOc1cc(-c2cccc([C@@H](CCCO[Si](C)(C)C(C)(C)C)CC(C)(C)S(N)=O)n2)cc2c1cnn2-c1cncc(CO[Si](C)(C)C(C)(C)C)n1. The van der Waals surface area contributed by atoms with Crippen molar-refractivity contribution in [3.05, 3.63) is 60.3 Å². The van der Waals surface area contributed by atoms with Gasteiger partial charge in [0.15, 0.2) is 22.5 Å². The van der Waals surface area contributed by atoms with Crippen LogP contribution >= 0.6 is 0 Å². The zero-order chi connectivity index (χ0) is 40.1. The van der Waals surface area contributed by atoms with Gasteiger partial charge in [-0.3, -0.25) is 15.1 Å². The van der Waals surface area contributed by atoms with Crippen molar-refractivity contribution in [2.24, 2.45) is 5.14 Å². The Kier molecular flexibility index (Phi) is 14.2. The summed E-state index contributed by atoms with van der Waals surface area (Å²) in [4.78, 5) is 14.7. The Bertz CT molecular complexity index is 1890. The molecule has 2 atom stereocenters. The molecule has 0 aliphatic carbocycles. The van der Waals surface area contributed by atoms with Gasteiger partial charge in [-0.15, -0.1) is 0 Å². The number of nitrogens with zero attached hydrogens (tertiary/aromatic N) is 5. The predicted molar refractivity (Wildman–Crippen MR) is 225 cm³/mol. The Hall–Kier alpha value is -2.86. The highest BCUT2D eigenvalue weighted by Gasteiger charge is 2.38. The molecule has 14 heteroatoms. The number of methoxy groups -OCH3 is 1. The normalized spacial score (nSPS) is 14.4. The number of hydrogen-bond donors (Lipinski definition) is 1. The molecule has 1 unspecified atom stereocenters. The molecule has 0 bridgehead atoms. The summed E-state index contributed by atoms with van der Waals surface area (Å²) in [6.45, 7) is 28.2. The molecule has 0 radical (unpaired) electrons. The van der Waals surface area contributed by atoms with Crippen LogP contribution in [0.15, 0.2) is 48.9 Å². The summed E-state index contributed by atoms with van der Waals surface area (Å²) >= 11 is 0. The average molecular weight is 797 g/mol. The number of hydrogen-bond acceptors (Lipinski definition) is 9. The van der Waals surface area contributed by atoms with Crippen molar-refractivity contribution in [3.63, 3.8) is 0 Å². The largest absolute Gasteiger partial charge is 0.490 e. The first-order chi connectivity index (χ1) is 25.1. The predicted octanol–water partition coefficient (Wildman–Crippen LogP) is 9.10. The number of fused-ring (bicyclic) bond motifs is 1. The number of benzene rings is 1. The second-order valence-electron chi connectivity index (χ2n) is 17.9. The summed E-state index contributed by atoms with van der Waals surface area (Å²) in [5.74, 6) is 1.27. The van der Waals surface area contributed by atoms with Gasteiger partial charge in [-0.1, -0.05) is 47.6 Å². The van der Waals surface area contributed by atoms with E-state index in [1.807, 2.05) is 32.0 Å². The molecule has 3 aromatic heterocycles. The topological polar surface area (TPSA) is 136 Å². The zero-order valence-corrected chi connectivity index (χ0v) is 37.7. The van der Waals surface area contributed by atoms with Gasteiger partial charge >= 0.3 is 0 Å². The van der Waals surface area contributed by atoms with E-state index >= 15 is 0 Å². The first kappa shape index (κ1) is 43.9. The highest BCUT2D eigenvalue weighted by molar-refractivity contribution is 7.84. The first-order valence-electron chi connectivity index (χ1n) is 18.9. The quantitative estimate of drug-likeness (QED) is 0.0772. The summed E-state index contributed by atoms with van der Waals surface area (Å²) in [7, 11) is -3.72. The molecule has 0 aliphatic heterocycles. The Labute approximate surface area is 328 Å². The van der Waals surface area contributed by atoms with E-state index in [2.05, 4.69) is 84.8 Å². The van der Waals surface area contributed by atoms with Crippen LogP contribution in [0.4, 0.5) is 0 Å². The van der Waals surface area contributed by atoms with E-state index in [4.69, 9.17) is 38.5 Å². The Morgan fingerprint density at radius 2 is 1.56 bits per heavy atom. The molecule has 0 saturated carbocycles. The van der Waals surface area contributed by atoms with Crippen LogP contribution in [-0.2, 0) is 31.2 Å². The molecule has 0 aliphatic rings. The fourth-order valence-electron chi connectivity index (χ4n) is 5.56. The van der Waals surface area contributed by atoms with Gasteiger partial charge in [-0.05, 0) is 93.6 Å².